The van der Waals surface area contributed by atoms with Crippen molar-refractivity contribution in [3.8, 4) is 0 Å². The largest absolute Gasteiger partial charge is 0.472 e. The Kier molecular flexibility index (Phi) is 61.3. The lowest BCUT2D eigenvalue weighted by atomic mass is 9.99. The molecule has 0 rings (SSSR count). The summed E-state index contributed by atoms with van der Waals surface area (Å²) in [4.78, 5) is 72.6. The molecule has 0 spiro atoms. The van der Waals surface area contributed by atoms with Crippen molar-refractivity contribution in [3.63, 3.8) is 0 Å². The highest BCUT2D eigenvalue weighted by atomic mass is 31.2. The Balaban J connectivity index is 5.21. The highest BCUT2D eigenvalue weighted by Crippen LogP contribution is 2.45. The van der Waals surface area contributed by atoms with Crippen molar-refractivity contribution < 1.29 is 80.2 Å². The predicted octanol–water partition coefficient (Wildman–Crippen LogP) is 20.9. The summed E-state index contributed by atoms with van der Waals surface area (Å²) in [5.74, 6) is 0.975. The number of phosphoric ester groups is 2. The summed E-state index contributed by atoms with van der Waals surface area (Å²) in [6.45, 7) is 14.2. The fourth-order valence-electron chi connectivity index (χ4n) is 10.9. The van der Waals surface area contributed by atoms with E-state index < -0.39 is 97.5 Å². The van der Waals surface area contributed by atoms with E-state index >= 15 is 0 Å². The molecule has 17 nitrogen and oxygen atoms in total. The van der Waals surface area contributed by atoms with E-state index in [1.807, 2.05) is 0 Å². The van der Waals surface area contributed by atoms with Gasteiger partial charge in [-0.15, -0.1) is 0 Å². The van der Waals surface area contributed by atoms with Crippen molar-refractivity contribution in [3.05, 3.63) is 0 Å². The Hall–Kier alpha value is -1.94. The number of hydrogen-bond donors (Lipinski definition) is 3. The number of rotatable bonds is 70. The Bertz CT molecular complexity index is 1820. The second kappa shape index (κ2) is 62.6. The van der Waals surface area contributed by atoms with Gasteiger partial charge < -0.3 is 33.8 Å². The molecule has 92 heavy (non-hydrogen) atoms. The zero-order valence-corrected chi connectivity index (χ0v) is 62.0. The van der Waals surface area contributed by atoms with E-state index in [9.17, 15) is 43.2 Å². The number of aliphatic hydroxyl groups is 1. The van der Waals surface area contributed by atoms with Crippen LogP contribution in [-0.2, 0) is 65.4 Å². The van der Waals surface area contributed by atoms with E-state index in [-0.39, 0.29) is 25.7 Å². The first kappa shape index (κ1) is 90.1. The first-order chi connectivity index (χ1) is 44.2. The number of phosphoric acid groups is 2. The summed E-state index contributed by atoms with van der Waals surface area (Å²) >= 11 is 0. The summed E-state index contributed by atoms with van der Waals surface area (Å²) in [5.41, 5.74) is 0. The van der Waals surface area contributed by atoms with E-state index in [2.05, 4.69) is 55.4 Å². The summed E-state index contributed by atoms with van der Waals surface area (Å²) in [6, 6.07) is 0. The molecule has 0 amide bonds. The zero-order chi connectivity index (χ0) is 68.2. The van der Waals surface area contributed by atoms with Gasteiger partial charge in [0.2, 0.25) is 0 Å². The summed E-state index contributed by atoms with van der Waals surface area (Å²) in [5, 5.41) is 10.6. The number of hydrogen-bond acceptors (Lipinski definition) is 15. The molecule has 0 saturated carbocycles. The molecule has 0 saturated heterocycles. The van der Waals surface area contributed by atoms with Crippen LogP contribution >= 0.6 is 15.6 Å². The highest BCUT2D eigenvalue weighted by molar-refractivity contribution is 7.47. The molecule has 0 aliphatic carbocycles. The molecule has 0 aromatic carbocycles. The minimum atomic E-state index is -4.95. The average molecular weight is 1350 g/mol. The van der Waals surface area contributed by atoms with Crippen molar-refractivity contribution in [1.82, 2.24) is 0 Å². The van der Waals surface area contributed by atoms with Crippen LogP contribution in [0.15, 0.2) is 0 Å². The highest BCUT2D eigenvalue weighted by Gasteiger charge is 2.30. The van der Waals surface area contributed by atoms with Crippen LogP contribution in [0.2, 0.25) is 0 Å². The van der Waals surface area contributed by atoms with Gasteiger partial charge in [0.15, 0.2) is 12.2 Å². The van der Waals surface area contributed by atoms with Gasteiger partial charge in [-0.25, -0.2) is 9.13 Å². The van der Waals surface area contributed by atoms with Crippen LogP contribution in [0.1, 0.15) is 364 Å². The molecule has 546 valence electrons. The fourth-order valence-corrected chi connectivity index (χ4v) is 12.5. The molecule has 0 bridgehead atoms. The van der Waals surface area contributed by atoms with E-state index in [1.165, 1.54) is 161 Å². The monoisotopic (exact) mass is 1350 g/mol. The Morgan fingerprint density at radius 2 is 0.489 bits per heavy atom. The first-order valence-electron chi connectivity index (χ1n) is 37.9. The fraction of sp³-hybridized carbons (Fsp3) is 0.945. The lowest BCUT2D eigenvalue weighted by Gasteiger charge is -2.21. The molecule has 0 aliphatic heterocycles. The van der Waals surface area contributed by atoms with Gasteiger partial charge in [0.25, 0.3) is 0 Å². The molecule has 19 heteroatoms. The third-order valence-electron chi connectivity index (χ3n) is 18.3. The van der Waals surface area contributed by atoms with Gasteiger partial charge in [-0.3, -0.25) is 37.3 Å². The quantitative estimate of drug-likeness (QED) is 0.0222. The van der Waals surface area contributed by atoms with Crippen LogP contribution in [0.3, 0.4) is 0 Å². The molecule has 6 unspecified atom stereocenters. The maximum atomic E-state index is 13.0. The van der Waals surface area contributed by atoms with Gasteiger partial charge in [0.05, 0.1) is 26.4 Å². The van der Waals surface area contributed by atoms with Crippen molar-refractivity contribution in [2.75, 3.05) is 39.6 Å². The topological polar surface area (TPSA) is 237 Å². The van der Waals surface area contributed by atoms with Crippen molar-refractivity contribution in [2.45, 2.75) is 382 Å². The molecule has 9 atom stereocenters. The lowest BCUT2D eigenvalue weighted by Crippen LogP contribution is -2.30. The molecule has 0 fully saturated rings. The second-order valence-corrected chi connectivity index (χ2v) is 30.2. The number of aliphatic hydroxyl groups excluding tert-OH is 1. The van der Waals surface area contributed by atoms with Crippen LogP contribution in [0.5, 0.6) is 0 Å². The normalized spacial score (nSPS) is 15.4. The van der Waals surface area contributed by atoms with E-state index in [1.54, 1.807) is 0 Å². The molecule has 0 aliphatic rings. The number of carbonyl (C=O) groups excluding carboxylic acids is 4. The summed E-state index contributed by atoms with van der Waals surface area (Å²) in [7, 11) is -9.91. The molecule has 0 heterocycles. The summed E-state index contributed by atoms with van der Waals surface area (Å²) in [6.07, 6.45) is 45.8. The van der Waals surface area contributed by atoms with Gasteiger partial charge in [0, 0.05) is 25.7 Å². The van der Waals surface area contributed by atoms with E-state index in [0.717, 1.165) is 120 Å². The standard InChI is InChI=1S/C73H142O17P2/c1-9-63(5)49-41-33-25-21-17-15-13-14-16-18-23-27-37-45-53-70(75)83-59-69(90-73(78)56-48-40-32-30-36-44-52-66(8)12-4)62-88-92(81,82)86-58-67(74)57-85-91(79,80)87-61-68(60-84-71(76)54-46-38-31-29-35-43-51-65(7)11-3)89-72(77)55-47-39-28-24-20-19-22-26-34-42-50-64(6)10-2/h63-69,74H,9-62H2,1-8H3,(H,79,80)(H,81,82)/t63?,64?,65?,66?,67-,68+,69+/m0/s1. The minimum absolute atomic E-state index is 0.103. The van der Waals surface area contributed by atoms with Crippen LogP contribution in [-0.4, -0.2) is 96.7 Å². The third kappa shape index (κ3) is 61.6. The number of unbranched alkanes of at least 4 members (excludes halogenated alkanes) is 32. The van der Waals surface area contributed by atoms with Gasteiger partial charge >= 0.3 is 39.5 Å². The molecule has 0 aromatic rings. The number of esters is 4. The molecular formula is C73H142O17P2. The van der Waals surface area contributed by atoms with E-state index in [4.69, 9.17) is 37.0 Å². The summed E-state index contributed by atoms with van der Waals surface area (Å²) < 4.78 is 68.4. The predicted molar refractivity (Wildman–Crippen MR) is 372 cm³/mol. The van der Waals surface area contributed by atoms with Crippen LogP contribution in [0.4, 0.5) is 0 Å². The van der Waals surface area contributed by atoms with Gasteiger partial charge in [0.1, 0.15) is 19.3 Å². The number of ether oxygens (including phenoxy) is 4. The van der Waals surface area contributed by atoms with E-state index in [0.29, 0.717) is 25.7 Å². The smallest absolute Gasteiger partial charge is 0.462 e. The van der Waals surface area contributed by atoms with Crippen LogP contribution in [0.25, 0.3) is 0 Å². The molecule has 0 radical (unpaired) electrons. The maximum absolute atomic E-state index is 13.0. The number of carbonyl (C=O) groups is 4. The third-order valence-corrected chi connectivity index (χ3v) is 20.2. The molecule has 0 aromatic heterocycles. The lowest BCUT2D eigenvalue weighted by molar-refractivity contribution is -0.161. The van der Waals surface area contributed by atoms with Crippen LogP contribution < -0.4 is 0 Å². The Morgan fingerprint density at radius 3 is 0.717 bits per heavy atom. The zero-order valence-electron chi connectivity index (χ0n) is 60.2. The first-order valence-corrected chi connectivity index (χ1v) is 40.8. The molecular weight excluding hydrogens is 1210 g/mol. The van der Waals surface area contributed by atoms with Gasteiger partial charge in [-0.05, 0) is 49.4 Å². The maximum Gasteiger partial charge on any atom is 0.472 e. The van der Waals surface area contributed by atoms with Gasteiger partial charge in [-0.2, -0.15) is 0 Å². The van der Waals surface area contributed by atoms with Crippen LogP contribution in [0, 0.1) is 23.7 Å². The Morgan fingerprint density at radius 1 is 0.293 bits per heavy atom. The van der Waals surface area contributed by atoms with Crippen molar-refractivity contribution in [2.24, 2.45) is 23.7 Å². The molecule has 3 N–H and O–H groups in total. The van der Waals surface area contributed by atoms with Crippen molar-refractivity contribution >= 4 is 39.5 Å². The second-order valence-electron chi connectivity index (χ2n) is 27.3. The van der Waals surface area contributed by atoms with Gasteiger partial charge in [-0.1, -0.05) is 312 Å². The SMILES string of the molecule is CCC(C)CCCCCCCCCCCCCCCCC(=O)OC[C@H](COP(=O)(O)OC[C@@H](O)COP(=O)(O)OC[C@@H](COC(=O)CCCCCCCCC(C)CC)OC(=O)CCCCCCCCCCCCC(C)CC)OC(=O)CCCCCCCCC(C)CC. The average Bonchev–Trinajstić information content (AvgIpc) is 3.45. The van der Waals surface area contributed by atoms with Crippen molar-refractivity contribution in [1.29, 1.82) is 0 Å². The minimum Gasteiger partial charge on any atom is -0.462 e. The Labute approximate surface area is 562 Å².